The molecule has 212 valence electrons. The molecule has 4 aliphatic rings. The van der Waals surface area contributed by atoms with Gasteiger partial charge < -0.3 is 14.6 Å². The molecule has 2 atom stereocenters. The summed E-state index contributed by atoms with van der Waals surface area (Å²) in [6, 6.07) is 32.4. The number of hydrogen-bond acceptors (Lipinski definition) is 4. The van der Waals surface area contributed by atoms with Crippen molar-refractivity contribution in [2.45, 2.75) is 74.7 Å². The quantitative estimate of drug-likeness (QED) is 0.285. The molecule has 1 aliphatic carbocycles. The van der Waals surface area contributed by atoms with E-state index in [1.807, 2.05) is 65.6 Å². The molecular weight excluding hydrogens is 522 g/mol. The summed E-state index contributed by atoms with van der Waals surface area (Å²) in [6.07, 6.45) is 3.45. The number of aliphatic hydroxyl groups excluding tert-OH is 1. The van der Waals surface area contributed by atoms with E-state index in [9.17, 15) is 5.11 Å². The highest BCUT2D eigenvalue weighted by Crippen LogP contribution is 2.60. The number of aliphatic hydroxyl groups is 1. The van der Waals surface area contributed by atoms with Crippen molar-refractivity contribution in [3.63, 3.8) is 0 Å². The summed E-state index contributed by atoms with van der Waals surface area (Å²) in [7, 11) is 0. The molecule has 3 aliphatic heterocycles. The monoisotopic (exact) mass is 557 g/mol. The molecule has 4 aromatic carbocycles. The number of anilines is 1. The fourth-order valence-corrected chi connectivity index (χ4v) is 7.95. The van der Waals surface area contributed by atoms with Crippen LogP contribution in [0.5, 0.6) is 11.5 Å². The molecule has 1 saturated carbocycles. The first-order valence-electron chi connectivity index (χ1n) is 15.1. The molecule has 2 unspecified atom stereocenters. The molecule has 0 radical (unpaired) electrons. The lowest BCUT2D eigenvalue weighted by atomic mass is 9.66. The molecule has 1 fully saturated rings. The third kappa shape index (κ3) is 3.62. The molecule has 5 heteroatoms. The van der Waals surface area contributed by atoms with Crippen LogP contribution in [0.4, 0.5) is 5.69 Å². The second kappa shape index (κ2) is 8.95. The summed E-state index contributed by atoms with van der Waals surface area (Å²) < 4.78 is 13.2. The summed E-state index contributed by atoms with van der Waals surface area (Å²) in [6.45, 7) is 4.12. The first kappa shape index (κ1) is 25.6. The zero-order valence-corrected chi connectivity index (χ0v) is 24.0. The van der Waals surface area contributed by atoms with Crippen molar-refractivity contribution in [2.24, 2.45) is 0 Å². The lowest BCUT2D eigenvalue weighted by molar-refractivity contribution is -0.124. The van der Waals surface area contributed by atoms with Gasteiger partial charge in [0.15, 0.2) is 0 Å². The molecule has 3 heterocycles. The maximum atomic E-state index is 15.4. The summed E-state index contributed by atoms with van der Waals surface area (Å²) in [4.78, 5) is 17.4. The fraction of sp³-hybridized carbons (Fsp3) is 0.324. The highest BCUT2D eigenvalue weighted by atomic mass is 16.5. The number of amides is 1. The van der Waals surface area contributed by atoms with Crippen molar-refractivity contribution < 1.29 is 19.4 Å². The Hall–Kier alpha value is -4.09. The molecule has 2 spiro atoms. The van der Waals surface area contributed by atoms with E-state index in [1.165, 1.54) is 0 Å². The predicted molar refractivity (Wildman–Crippen MR) is 162 cm³/mol. The number of rotatable bonds is 3. The van der Waals surface area contributed by atoms with Gasteiger partial charge in [0.25, 0.3) is 0 Å². The minimum atomic E-state index is -0.976. The van der Waals surface area contributed by atoms with Crippen LogP contribution in [0.15, 0.2) is 97.1 Å². The minimum Gasteiger partial charge on any atom is -0.487 e. The second-order valence-electron chi connectivity index (χ2n) is 13.1. The van der Waals surface area contributed by atoms with Gasteiger partial charge in [0.1, 0.15) is 28.1 Å². The van der Waals surface area contributed by atoms with E-state index in [1.54, 1.807) is 0 Å². The number of carbonyl (C=O) groups is 1. The van der Waals surface area contributed by atoms with E-state index in [2.05, 4.69) is 50.2 Å². The van der Waals surface area contributed by atoms with Crippen LogP contribution in [0.1, 0.15) is 85.9 Å². The van der Waals surface area contributed by atoms with E-state index < -0.39 is 17.1 Å². The summed E-state index contributed by atoms with van der Waals surface area (Å²) >= 11 is 0. The molecular formula is C37H35NO4. The Morgan fingerprint density at radius 1 is 0.810 bits per heavy atom. The van der Waals surface area contributed by atoms with E-state index in [-0.39, 0.29) is 17.6 Å². The Balaban J connectivity index is 1.35. The number of fused-ring (bicyclic) bond motifs is 5. The van der Waals surface area contributed by atoms with Crippen molar-refractivity contribution in [3.8, 4) is 11.5 Å². The lowest BCUT2D eigenvalue weighted by Crippen LogP contribution is -2.51. The van der Waals surface area contributed by atoms with Crippen molar-refractivity contribution in [2.75, 3.05) is 4.90 Å². The Kier molecular flexibility index (Phi) is 5.46. The van der Waals surface area contributed by atoms with E-state index in [0.717, 1.165) is 52.8 Å². The summed E-state index contributed by atoms with van der Waals surface area (Å²) in [5.41, 5.74) is 3.68. The van der Waals surface area contributed by atoms with Crippen LogP contribution in [-0.4, -0.2) is 22.2 Å². The first-order valence-corrected chi connectivity index (χ1v) is 15.1. The minimum absolute atomic E-state index is 0.0284. The van der Waals surface area contributed by atoms with Gasteiger partial charge in [-0.05, 0) is 61.9 Å². The zero-order chi connectivity index (χ0) is 28.7. The number of nitrogens with zero attached hydrogens (tertiary/aromatic N) is 1. The summed E-state index contributed by atoms with van der Waals surface area (Å²) in [5, 5.41) is 11.4. The van der Waals surface area contributed by atoms with E-state index in [0.29, 0.717) is 24.3 Å². The third-order valence-electron chi connectivity index (χ3n) is 9.86. The Morgan fingerprint density at radius 2 is 1.45 bits per heavy atom. The largest absolute Gasteiger partial charge is 0.487 e. The Bertz CT molecular complexity index is 1650. The van der Waals surface area contributed by atoms with Crippen LogP contribution in [0.2, 0.25) is 0 Å². The Labute approximate surface area is 246 Å². The zero-order valence-electron chi connectivity index (χ0n) is 24.0. The number of ether oxygens (including phenoxy) is 2. The molecule has 1 N–H and O–H groups in total. The van der Waals surface area contributed by atoms with Gasteiger partial charge in [-0.3, -0.25) is 9.69 Å². The standard InChI is InChI=1S/C37H35NO4/c1-35(2)23-37(28-20-26-30(39)22-36(18-11-19-36)42-31(26)21-32(28)41-35)27-16-9-10-17-29(27)38(34(37)40)33(24-12-5-3-6-13-24)25-14-7-4-8-15-25/h3-10,12-17,20-21,30,33,39H,11,18-19,22-23H2,1-2H3. The van der Waals surface area contributed by atoms with Gasteiger partial charge in [0, 0.05) is 35.7 Å². The lowest BCUT2D eigenvalue weighted by Gasteiger charge is -2.48. The average Bonchev–Trinajstić information content (AvgIpc) is 3.20. The fourth-order valence-electron chi connectivity index (χ4n) is 7.95. The molecule has 1 amide bonds. The highest BCUT2D eigenvalue weighted by Gasteiger charge is 2.60. The van der Waals surface area contributed by atoms with Crippen molar-refractivity contribution in [1.29, 1.82) is 0 Å². The van der Waals surface area contributed by atoms with Gasteiger partial charge in [-0.2, -0.15) is 0 Å². The van der Waals surface area contributed by atoms with E-state index in [4.69, 9.17) is 9.47 Å². The van der Waals surface area contributed by atoms with Crippen LogP contribution in [-0.2, 0) is 10.2 Å². The van der Waals surface area contributed by atoms with Gasteiger partial charge in [-0.1, -0.05) is 78.9 Å². The van der Waals surface area contributed by atoms with Crippen LogP contribution in [0.3, 0.4) is 0 Å². The number of hydrogen-bond donors (Lipinski definition) is 1. The number of benzene rings is 4. The van der Waals surface area contributed by atoms with E-state index >= 15 is 4.79 Å². The average molecular weight is 558 g/mol. The SMILES string of the molecule is CC1(C)CC2(C(=O)N(C(c3ccccc3)c3ccccc3)c3ccccc32)c2cc3c(cc2O1)OC1(CCC1)CC3O. The van der Waals surface area contributed by atoms with Gasteiger partial charge in [0.2, 0.25) is 5.91 Å². The third-order valence-corrected chi connectivity index (χ3v) is 9.86. The predicted octanol–water partition coefficient (Wildman–Crippen LogP) is 7.41. The molecule has 0 saturated heterocycles. The van der Waals surface area contributed by atoms with Crippen LogP contribution >= 0.6 is 0 Å². The highest BCUT2D eigenvalue weighted by molar-refractivity contribution is 6.12. The van der Waals surface area contributed by atoms with Gasteiger partial charge in [0.05, 0.1) is 12.1 Å². The first-order chi connectivity index (χ1) is 20.3. The number of carbonyl (C=O) groups excluding carboxylic acids is 1. The maximum Gasteiger partial charge on any atom is 0.243 e. The maximum absolute atomic E-state index is 15.4. The molecule has 0 bridgehead atoms. The van der Waals surface area contributed by atoms with Gasteiger partial charge in [-0.15, -0.1) is 0 Å². The van der Waals surface area contributed by atoms with Crippen molar-refractivity contribution >= 4 is 11.6 Å². The normalized spacial score (nSPS) is 24.4. The second-order valence-corrected chi connectivity index (χ2v) is 13.1. The van der Waals surface area contributed by atoms with Crippen LogP contribution in [0.25, 0.3) is 0 Å². The van der Waals surface area contributed by atoms with Crippen LogP contribution < -0.4 is 14.4 Å². The smallest absolute Gasteiger partial charge is 0.243 e. The van der Waals surface area contributed by atoms with Gasteiger partial charge in [-0.25, -0.2) is 0 Å². The van der Waals surface area contributed by atoms with Crippen molar-refractivity contribution in [1.82, 2.24) is 0 Å². The molecule has 8 rings (SSSR count). The molecule has 5 nitrogen and oxygen atoms in total. The van der Waals surface area contributed by atoms with Crippen molar-refractivity contribution in [3.05, 3.63) is 125 Å². The molecule has 4 aromatic rings. The van der Waals surface area contributed by atoms with Gasteiger partial charge >= 0.3 is 0 Å². The Morgan fingerprint density at radius 3 is 2.10 bits per heavy atom. The number of para-hydroxylation sites is 1. The van der Waals surface area contributed by atoms with Crippen LogP contribution in [0, 0.1) is 0 Å². The summed E-state index contributed by atoms with van der Waals surface area (Å²) in [5.74, 6) is 1.37. The molecule has 42 heavy (non-hydrogen) atoms. The molecule has 0 aromatic heterocycles. The topological polar surface area (TPSA) is 59.0 Å².